The second-order valence-electron chi connectivity index (χ2n) is 6.42. The van der Waals surface area contributed by atoms with E-state index < -0.39 is 0 Å². The van der Waals surface area contributed by atoms with Crippen LogP contribution in [0.5, 0.6) is 5.75 Å². The second kappa shape index (κ2) is 8.22. The van der Waals surface area contributed by atoms with Gasteiger partial charge in [0.15, 0.2) is 10.9 Å². The van der Waals surface area contributed by atoms with Crippen LogP contribution >= 0.6 is 46.8 Å². The number of anilines is 2. The molecular weight excluding hydrogens is 427 g/mol. The molecule has 0 saturated heterocycles. The van der Waals surface area contributed by atoms with Crippen molar-refractivity contribution in [2.45, 2.75) is 26.2 Å². The van der Waals surface area contributed by atoms with Crippen LogP contribution in [0.2, 0.25) is 10.0 Å². The van der Waals surface area contributed by atoms with Gasteiger partial charge in [-0.3, -0.25) is 0 Å². The van der Waals surface area contributed by atoms with Crippen molar-refractivity contribution in [3.63, 3.8) is 0 Å². The zero-order valence-corrected chi connectivity index (χ0v) is 17.8. The number of thiocarbonyl (C=S) groups is 1. The molecule has 0 bridgehead atoms. The summed E-state index contributed by atoms with van der Waals surface area (Å²) in [5.74, 6) is 0.0275. The molecule has 0 amide bonds. The standard InChI is InChI=1S/C18H18Cl2N2O3S2/c1-8-3-4-10-13(5-8)27-16(14(10)17(24)25-2)22-18(26)21-9-6-11(19)15(23)12(20)7-9/h6-8,23H,3-5H2,1-2H3,(H2,21,22,26)/t8-/m1/s1. The highest BCUT2D eigenvalue weighted by atomic mass is 35.5. The van der Waals surface area contributed by atoms with Crippen LogP contribution in [-0.2, 0) is 17.6 Å². The minimum absolute atomic E-state index is 0.114. The number of hydrogen-bond donors (Lipinski definition) is 3. The molecule has 27 heavy (non-hydrogen) atoms. The van der Waals surface area contributed by atoms with Gasteiger partial charge in [0.05, 0.1) is 22.7 Å². The number of hydrogen-bond acceptors (Lipinski definition) is 5. The van der Waals surface area contributed by atoms with Crippen LogP contribution in [0.25, 0.3) is 0 Å². The first-order valence-corrected chi connectivity index (χ1v) is 10.3. The molecule has 1 aromatic carbocycles. The third-order valence-electron chi connectivity index (χ3n) is 4.40. The number of methoxy groups -OCH3 is 1. The summed E-state index contributed by atoms with van der Waals surface area (Å²) in [6, 6.07) is 3.03. The molecule has 2 aromatic rings. The Morgan fingerprint density at radius 2 is 2.00 bits per heavy atom. The van der Waals surface area contributed by atoms with Gasteiger partial charge in [0.2, 0.25) is 0 Å². The van der Waals surface area contributed by atoms with Crippen molar-refractivity contribution in [2.24, 2.45) is 5.92 Å². The summed E-state index contributed by atoms with van der Waals surface area (Å²) in [5.41, 5.74) is 2.12. The Kier molecular flexibility index (Phi) is 6.15. The largest absolute Gasteiger partial charge is 0.505 e. The van der Waals surface area contributed by atoms with Gasteiger partial charge in [-0.25, -0.2) is 4.79 Å². The Morgan fingerprint density at radius 3 is 2.63 bits per heavy atom. The molecule has 5 nitrogen and oxygen atoms in total. The van der Waals surface area contributed by atoms with Crippen molar-refractivity contribution >= 4 is 68.5 Å². The van der Waals surface area contributed by atoms with Gasteiger partial charge in [-0.05, 0) is 55.1 Å². The number of phenols is 1. The molecule has 0 radical (unpaired) electrons. The molecule has 3 rings (SSSR count). The number of phenolic OH excluding ortho intramolecular Hbond substituents is 1. The molecule has 0 spiro atoms. The molecule has 0 saturated carbocycles. The smallest absolute Gasteiger partial charge is 0.341 e. The summed E-state index contributed by atoms with van der Waals surface area (Å²) in [7, 11) is 1.37. The first-order valence-electron chi connectivity index (χ1n) is 8.29. The Hall–Kier alpha value is -1.54. The van der Waals surface area contributed by atoms with E-state index in [2.05, 4.69) is 17.6 Å². The average Bonchev–Trinajstić information content (AvgIpc) is 2.95. The summed E-state index contributed by atoms with van der Waals surface area (Å²) in [5, 5.41) is 16.9. The first-order chi connectivity index (χ1) is 12.8. The molecule has 1 aliphatic carbocycles. The predicted octanol–water partition coefficient (Wildman–Crippen LogP) is 5.48. The maximum atomic E-state index is 12.3. The minimum Gasteiger partial charge on any atom is -0.505 e. The van der Waals surface area contributed by atoms with Crippen molar-refractivity contribution < 1.29 is 14.6 Å². The number of carbonyl (C=O) groups is 1. The van der Waals surface area contributed by atoms with E-state index in [9.17, 15) is 9.90 Å². The Balaban J connectivity index is 1.84. The monoisotopic (exact) mass is 444 g/mol. The van der Waals surface area contributed by atoms with Crippen LogP contribution in [0.15, 0.2) is 12.1 Å². The highest BCUT2D eigenvalue weighted by Gasteiger charge is 2.28. The molecule has 1 aliphatic rings. The number of ether oxygens (including phenoxy) is 1. The summed E-state index contributed by atoms with van der Waals surface area (Å²) in [6.07, 6.45) is 2.83. The third-order valence-corrected chi connectivity index (χ3v) is 6.35. The van der Waals surface area contributed by atoms with E-state index in [4.69, 9.17) is 40.2 Å². The van der Waals surface area contributed by atoms with Gasteiger partial charge in [0.25, 0.3) is 0 Å². The third kappa shape index (κ3) is 4.32. The minimum atomic E-state index is -0.372. The van der Waals surface area contributed by atoms with Crippen LogP contribution < -0.4 is 10.6 Å². The molecule has 1 heterocycles. The predicted molar refractivity (Wildman–Crippen MR) is 115 cm³/mol. The van der Waals surface area contributed by atoms with Crippen LogP contribution in [-0.4, -0.2) is 23.3 Å². The SMILES string of the molecule is COC(=O)c1c(NC(=S)Nc2cc(Cl)c(O)c(Cl)c2)sc2c1CC[C@@H](C)C2. The lowest BCUT2D eigenvalue weighted by molar-refractivity contribution is 0.0601. The molecular formula is C18H18Cl2N2O3S2. The van der Waals surface area contributed by atoms with Gasteiger partial charge >= 0.3 is 5.97 Å². The topological polar surface area (TPSA) is 70.6 Å². The van der Waals surface area contributed by atoms with Gasteiger partial charge in [-0.2, -0.15) is 0 Å². The fourth-order valence-electron chi connectivity index (χ4n) is 3.06. The van der Waals surface area contributed by atoms with Crippen molar-refractivity contribution in [2.75, 3.05) is 17.7 Å². The molecule has 144 valence electrons. The van der Waals surface area contributed by atoms with Crippen molar-refractivity contribution in [1.29, 1.82) is 0 Å². The molecule has 3 N–H and O–H groups in total. The van der Waals surface area contributed by atoms with Crippen LogP contribution in [0, 0.1) is 5.92 Å². The van der Waals surface area contributed by atoms with E-state index in [0.717, 1.165) is 24.8 Å². The number of aromatic hydroxyl groups is 1. The number of nitrogens with one attached hydrogen (secondary N) is 2. The lowest BCUT2D eigenvalue weighted by atomic mass is 9.88. The summed E-state index contributed by atoms with van der Waals surface area (Å²) >= 11 is 18.8. The highest BCUT2D eigenvalue weighted by Crippen LogP contribution is 2.40. The zero-order chi connectivity index (χ0) is 19.7. The number of rotatable bonds is 3. The number of esters is 1. The van der Waals surface area contributed by atoms with E-state index in [1.54, 1.807) is 0 Å². The van der Waals surface area contributed by atoms with Gasteiger partial charge in [-0.1, -0.05) is 30.1 Å². The molecule has 0 fully saturated rings. The van der Waals surface area contributed by atoms with E-state index in [0.29, 0.717) is 22.2 Å². The maximum absolute atomic E-state index is 12.3. The van der Waals surface area contributed by atoms with Gasteiger partial charge < -0.3 is 20.5 Å². The van der Waals surface area contributed by atoms with Crippen molar-refractivity contribution in [3.05, 3.63) is 38.2 Å². The van der Waals surface area contributed by atoms with Crippen LogP contribution in [0.4, 0.5) is 10.7 Å². The molecule has 0 aliphatic heterocycles. The number of halogens is 2. The zero-order valence-electron chi connectivity index (χ0n) is 14.7. The first kappa shape index (κ1) is 20.2. The van der Waals surface area contributed by atoms with Crippen molar-refractivity contribution in [3.8, 4) is 5.75 Å². The van der Waals surface area contributed by atoms with Crippen molar-refractivity contribution in [1.82, 2.24) is 0 Å². The number of thiophene rings is 1. The average molecular weight is 445 g/mol. The number of benzene rings is 1. The van der Waals surface area contributed by atoms with Gasteiger partial charge in [0.1, 0.15) is 5.00 Å². The molecule has 9 heteroatoms. The Labute approximate surface area is 176 Å². The molecule has 1 atom stereocenters. The molecule has 0 unspecified atom stereocenters. The fraction of sp³-hybridized carbons (Fsp3) is 0.333. The number of fused-ring (bicyclic) bond motifs is 1. The highest BCUT2D eigenvalue weighted by molar-refractivity contribution is 7.80. The lowest BCUT2D eigenvalue weighted by Crippen LogP contribution is -2.20. The van der Waals surface area contributed by atoms with Gasteiger partial charge in [-0.15, -0.1) is 11.3 Å². The lowest BCUT2D eigenvalue weighted by Gasteiger charge is -2.18. The quantitative estimate of drug-likeness (QED) is 0.330. The van der Waals surface area contributed by atoms with E-state index in [1.807, 2.05) is 0 Å². The summed E-state index contributed by atoms with van der Waals surface area (Å²) in [4.78, 5) is 13.5. The Bertz CT molecular complexity index is 891. The Morgan fingerprint density at radius 1 is 1.33 bits per heavy atom. The van der Waals surface area contributed by atoms with E-state index >= 15 is 0 Å². The normalized spacial score (nSPS) is 15.8. The fourth-order valence-corrected chi connectivity index (χ4v) is 5.23. The number of carbonyl (C=O) groups excluding carboxylic acids is 1. The van der Waals surface area contributed by atoms with E-state index in [-0.39, 0.29) is 26.9 Å². The van der Waals surface area contributed by atoms with E-state index in [1.165, 1.54) is 35.5 Å². The van der Waals surface area contributed by atoms with Gasteiger partial charge in [0, 0.05) is 10.6 Å². The summed E-state index contributed by atoms with van der Waals surface area (Å²) in [6.45, 7) is 2.21. The molecule has 1 aromatic heterocycles. The maximum Gasteiger partial charge on any atom is 0.341 e. The second-order valence-corrected chi connectivity index (χ2v) is 8.74. The van der Waals surface area contributed by atoms with Crippen LogP contribution in [0.1, 0.15) is 34.1 Å². The summed E-state index contributed by atoms with van der Waals surface area (Å²) < 4.78 is 4.97. The van der Waals surface area contributed by atoms with Crippen LogP contribution in [0.3, 0.4) is 0 Å².